The summed E-state index contributed by atoms with van der Waals surface area (Å²) in [6, 6.07) is 13.2. The van der Waals surface area contributed by atoms with Crippen molar-refractivity contribution in [2.75, 3.05) is 29.5 Å². The number of benzene rings is 2. The number of unbranched alkanes of at least 4 members (excludes halogenated alkanes) is 2. The molecule has 10 nitrogen and oxygen atoms in total. The Morgan fingerprint density at radius 2 is 1.52 bits per heavy atom. The molecule has 0 aliphatic carbocycles. The third-order valence-corrected chi connectivity index (χ3v) is 10.8. The zero-order valence-corrected chi connectivity index (χ0v) is 33.3. The molecule has 0 unspecified atom stereocenters. The molecule has 1 N–H and O–H groups in total. The van der Waals surface area contributed by atoms with Gasteiger partial charge in [0.15, 0.2) is 5.71 Å². The molecule has 50 heavy (non-hydrogen) atoms. The van der Waals surface area contributed by atoms with Crippen LogP contribution >= 0.6 is 0 Å². The van der Waals surface area contributed by atoms with E-state index >= 15 is 0 Å². The molecule has 2 aliphatic heterocycles. The summed E-state index contributed by atoms with van der Waals surface area (Å²) >= 11 is 0. The van der Waals surface area contributed by atoms with Gasteiger partial charge < -0.3 is 19.1 Å². The van der Waals surface area contributed by atoms with Crippen molar-refractivity contribution in [2.45, 2.75) is 71.1 Å². The molecule has 0 fully saturated rings. The Bertz CT molecular complexity index is 1970. The number of carbonyl (C=O) groups is 1. The Morgan fingerprint density at radius 3 is 2.16 bits per heavy atom. The molecule has 0 atom stereocenters. The molecule has 0 aromatic heterocycles. The first-order valence-electron chi connectivity index (χ1n) is 16.3. The van der Waals surface area contributed by atoms with E-state index in [0.29, 0.717) is 32.4 Å². The van der Waals surface area contributed by atoms with Gasteiger partial charge in [-0.05, 0) is 69.9 Å². The molecule has 0 bridgehead atoms. The number of allylic oxidation sites excluding steroid dienone is 8. The summed E-state index contributed by atoms with van der Waals surface area (Å²) < 4.78 is 69.0. The normalized spacial score (nSPS) is 17.9. The number of hydrogen-bond acceptors (Lipinski definition) is 8. The Balaban J connectivity index is 0.00000676. The molecular formula is C37H45N2NaO8S2. The minimum atomic E-state index is -4.31. The Hall–Kier alpha value is -2.84. The molecule has 13 heteroatoms. The van der Waals surface area contributed by atoms with E-state index in [2.05, 4.69) is 41.5 Å². The first-order valence-corrected chi connectivity index (χ1v) is 19.5. The summed E-state index contributed by atoms with van der Waals surface area (Å²) in [4.78, 5) is 13.8. The first kappa shape index (κ1) is 41.6. The monoisotopic (exact) mass is 732 g/mol. The fraction of sp³-hybridized carbons (Fsp3) is 0.405. The average Bonchev–Trinajstić information content (AvgIpc) is 3.35. The minimum absolute atomic E-state index is 0. The number of nitrogens with zero attached hydrogens (tertiary/aromatic N) is 2. The molecule has 2 aliphatic rings. The van der Waals surface area contributed by atoms with Gasteiger partial charge in [-0.25, -0.2) is 21.6 Å². The van der Waals surface area contributed by atoms with Crippen LogP contribution in [-0.2, 0) is 31.1 Å². The molecule has 4 rings (SSSR count). The predicted molar refractivity (Wildman–Crippen MR) is 191 cm³/mol. The van der Waals surface area contributed by atoms with Crippen molar-refractivity contribution in [3.05, 3.63) is 107 Å². The molecule has 0 spiro atoms. The number of aromatic carboxylic acids is 1. The summed E-state index contributed by atoms with van der Waals surface area (Å²) in [6.07, 6.45) is 13.5. The van der Waals surface area contributed by atoms with Crippen LogP contribution in [0.5, 0.6) is 0 Å². The molecule has 0 radical (unpaired) electrons. The number of fused-ring (bicyclic) bond motifs is 2. The van der Waals surface area contributed by atoms with Crippen LogP contribution in [0.3, 0.4) is 0 Å². The predicted octanol–water partition coefficient (Wildman–Crippen LogP) is 3.16. The SMILES string of the molecule is CC(/C=C/C=C1/N(CCCCS(=O)(=O)[O-])c2ccc(C(=O)O)cc2C1(C)C)=C\C=C\C1=[N+](CCCCS(=O)(=O)[O-])c2ccccc2C1(C)C.[Na+]. The smallest absolute Gasteiger partial charge is 0.748 e. The summed E-state index contributed by atoms with van der Waals surface area (Å²) in [5, 5.41) is 9.60. The van der Waals surface area contributed by atoms with Gasteiger partial charge in [0.05, 0.1) is 31.2 Å². The van der Waals surface area contributed by atoms with Crippen molar-refractivity contribution >= 4 is 43.3 Å². The zero-order valence-electron chi connectivity index (χ0n) is 29.7. The largest absolute Gasteiger partial charge is 1.00 e. The van der Waals surface area contributed by atoms with Gasteiger partial charge in [-0.2, -0.15) is 4.58 Å². The number of para-hydroxylation sites is 1. The number of hydrogen-bond donors (Lipinski definition) is 1. The molecule has 264 valence electrons. The fourth-order valence-electron chi connectivity index (χ4n) is 6.67. The molecule has 0 saturated heterocycles. The summed E-state index contributed by atoms with van der Waals surface area (Å²) in [5.74, 6) is -1.83. The van der Waals surface area contributed by atoms with Crippen molar-refractivity contribution in [2.24, 2.45) is 0 Å². The number of carboxylic acids is 1. The zero-order chi connectivity index (χ0) is 36.2. The van der Waals surface area contributed by atoms with Crippen LogP contribution in [0.25, 0.3) is 0 Å². The van der Waals surface area contributed by atoms with Gasteiger partial charge in [0, 0.05) is 59.0 Å². The molecule has 2 aromatic rings. The van der Waals surface area contributed by atoms with E-state index in [-0.39, 0.29) is 52.7 Å². The summed E-state index contributed by atoms with van der Waals surface area (Å²) in [6.45, 7) is 11.4. The fourth-order valence-corrected chi connectivity index (χ4v) is 7.78. The second-order valence-electron chi connectivity index (χ2n) is 13.6. The topological polar surface area (TPSA) is 158 Å². The van der Waals surface area contributed by atoms with Crippen molar-refractivity contribution in [1.82, 2.24) is 0 Å². The standard InChI is InChI=1S/C37H46N2O8S2.Na/c1-27(14-12-18-33-36(2,3)29-16-6-7-17-31(29)38(33)22-8-10-24-48(42,43)44)15-13-19-34-37(4,5)30-26-28(35(40)41)20-21-32(30)39(34)23-9-11-25-49(45,46)47;/h6-7,12-21,26H,8-11,22-25H2,1-5H3,(H2-,40,41,42,43,44,45,46,47);/q;+1/p-1. The van der Waals surface area contributed by atoms with Gasteiger partial charge >= 0.3 is 35.5 Å². The average molecular weight is 733 g/mol. The van der Waals surface area contributed by atoms with E-state index in [0.717, 1.165) is 33.9 Å². The van der Waals surface area contributed by atoms with Crippen LogP contribution in [0, 0.1) is 0 Å². The van der Waals surface area contributed by atoms with E-state index in [1.807, 2.05) is 63.3 Å². The number of rotatable bonds is 15. The van der Waals surface area contributed by atoms with E-state index in [4.69, 9.17) is 0 Å². The summed E-state index contributed by atoms with van der Waals surface area (Å²) in [7, 11) is -8.56. The van der Waals surface area contributed by atoms with E-state index in [1.165, 1.54) is 5.56 Å². The van der Waals surface area contributed by atoms with Crippen molar-refractivity contribution in [3.63, 3.8) is 0 Å². The molecule has 0 amide bonds. The van der Waals surface area contributed by atoms with Gasteiger partial charge in [-0.15, -0.1) is 0 Å². The molecule has 2 aromatic carbocycles. The summed E-state index contributed by atoms with van der Waals surface area (Å²) in [5.41, 5.74) is 6.29. The van der Waals surface area contributed by atoms with Crippen LogP contribution < -0.4 is 34.5 Å². The van der Waals surface area contributed by atoms with Crippen LogP contribution in [0.15, 0.2) is 90.2 Å². The quantitative estimate of drug-likeness (QED) is 0.0955. The van der Waals surface area contributed by atoms with Crippen LogP contribution in [0.2, 0.25) is 0 Å². The maximum Gasteiger partial charge on any atom is 1.00 e. The van der Waals surface area contributed by atoms with Crippen molar-refractivity contribution in [1.29, 1.82) is 0 Å². The van der Waals surface area contributed by atoms with Gasteiger partial charge in [-0.1, -0.05) is 61.9 Å². The molecule has 2 heterocycles. The van der Waals surface area contributed by atoms with E-state index in [9.17, 15) is 35.8 Å². The maximum absolute atomic E-state index is 11.7. The van der Waals surface area contributed by atoms with Gasteiger partial charge in [0.1, 0.15) is 6.54 Å². The second kappa shape index (κ2) is 16.7. The Morgan fingerprint density at radius 1 is 0.880 bits per heavy atom. The van der Waals surface area contributed by atoms with Crippen LogP contribution in [0.1, 0.15) is 81.8 Å². The van der Waals surface area contributed by atoms with Crippen molar-refractivity contribution < 1.29 is 70.0 Å². The van der Waals surface area contributed by atoms with Crippen LogP contribution in [0.4, 0.5) is 11.4 Å². The van der Waals surface area contributed by atoms with Crippen molar-refractivity contribution in [3.8, 4) is 0 Å². The molecular weight excluding hydrogens is 688 g/mol. The first-order chi connectivity index (χ1) is 22.8. The van der Waals surface area contributed by atoms with Gasteiger partial charge in [0.2, 0.25) is 5.69 Å². The van der Waals surface area contributed by atoms with Gasteiger partial charge in [-0.3, -0.25) is 0 Å². The Kier molecular flexibility index (Phi) is 13.9. The minimum Gasteiger partial charge on any atom is -0.748 e. The van der Waals surface area contributed by atoms with E-state index in [1.54, 1.807) is 18.2 Å². The van der Waals surface area contributed by atoms with E-state index < -0.39 is 37.4 Å². The molecule has 0 saturated carbocycles. The number of carboxylic acid groups (broad SMARTS) is 1. The second-order valence-corrected chi connectivity index (χ2v) is 16.7. The maximum atomic E-state index is 11.7. The Labute approximate surface area is 318 Å². The third kappa shape index (κ3) is 10.1. The van der Waals surface area contributed by atoms with Gasteiger partial charge in [0.25, 0.3) is 0 Å². The number of anilines is 1. The van der Waals surface area contributed by atoms with Crippen LogP contribution in [-0.4, -0.2) is 71.9 Å². The third-order valence-electron chi connectivity index (χ3n) is 9.22.